The maximum absolute atomic E-state index is 4.14. The Balaban J connectivity index is 0.999. The number of rotatable bonds is 11. The summed E-state index contributed by atoms with van der Waals surface area (Å²) in [5.74, 6) is 0. The summed E-state index contributed by atoms with van der Waals surface area (Å²) in [7, 11) is 0. The van der Waals surface area contributed by atoms with Crippen molar-refractivity contribution < 1.29 is 0 Å². The van der Waals surface area contributed by atoms with E-state index in [4.69, 9.17) is 0 Å². The molecule has 0 radical (unpaired) electrons. The van der Waals surface area contributed by atoms with Gasteiger partial charge in [0.05, 0.1) is 22.2 Å². The molecule has 65 heavy (non-hydrogen) atoms. The Morgan fingerprint density at radius 1 is 0.385 bits per heavy atom. The maximum Gasteiger partial charge on any atom is 0.0613 e. The molecule has 3 nitrogen and oxygen atoms in total. The summed E-state index contributed by atoms with van der Waals surface area (Å²) in [5.41, 5.74) is 19.5. The molecule has 0 aliphatic heterocycles. The van der Waals surface area contributed by atoms with Crippen LogP contribution in [0.5, 0.6) is 0 Å². The van der Waals surface area contributed by atoms with Gasteiger partial charge in [0, 0.05) is 50.9 Å². The van der Waals surface area contributed by atoms with Gasteiger partial charge in [0.15, 0.2) is 0 Å². The minimum atomic E-state index is 0.978. The highest BCUT2D eigenvalue weighted by Gasteiger charge is 2.23. The molecule has 0 atom stereocenters. The summed E-state index contributed by atoms with van der Waals surface area (Å²) in [4.78, 5) is 2.36. The first-order valence-corrected chi connectivity index (χ1v) is 22.1. The largest absolute Gasteiger partial charge is 0.315 e. The number of benzene rings is 8. The van der Waals surface area contributed by atoms with Gasteiger partial charge in [-0.15, -0.1) is 0 Å². The highest BCUT2D eigenvalue weighted by atomic mass is 15.1. The minimum absolute atomic E-state index is 0.978. The lowest BCUT2D eigenvalue weighted by Gasteiger charge is -2.26. The van der Waals surface area contributed by atoms with Crippen LogP contribution in [0.25, 0.3) is 88.8 Å². The zero-order valence-corrected chi connectivity index (χ0v) is 35.9. The number of hydrogen-bond donors (Lipinski definition) is 0. The standard InChI is InChI=1S/C62H45N3/c1-3-18-51(4-2)65-57-26-15-14-25-55(57)56-43-54(40-41-58(56)65)64(52-36-32-46(33-37-52)44-19-8-5-9-20-44)53-38-34-47(35-39-53)45-28-30-50(31-29-45)62-61(49-23-12-7-13-24-49)60(48-21-10-6-11-22-48)59-27-16-17-42-63(59)62/h3-43H,1-2H2/b51-18+. The summed E-state index contributed by atoms with van der Waals surface area (Å²) >= 11 is 0. The van der Waals surface area contributed by atoms with Crippen LogP contribution >= 0.6 is 0 Å². The van der Waals surface area contributed by atoms with E-state index in [2.05, 4.69) is 258 Å². The smallest absolute Gasteiger partial charge is 0.0613 e. The van der Waals surface area contributed by atoms with Crippen LogP contribution < -0.4 is 4.90 Å². The third-order valence-electron chi connectivity index (χ3n) is 12.5. The molecule has 0 saturated heterocycles. The fourth-order valence-corrected chi connectivity index (χ4v) is 9.51. The monoisotopic (exact) mass is 831 g/mol. The zero-order chi connectivity index (χ0) is 43.7. The van der Waals surface area contributed by atoms with Gasteiger partial charge in [-0.3, -0.25) is 0 Å². The molecule has 0 fully saturated rings. The SMILES string of the molecule is C=C/C=C(\C=C)n1c2ccccc2c2cc(N(c3ccc(-c4ccccc4)cc3)c3ccc(-c4ccc(-c5c(-c6ccccc6)c(-c6ccccc6)c6ccccn56)cc4)cc3)ccc21. The summed E-state index contributed by atoms with van der Waals surface area (Å²) in [6, 6.07) is 80.8. The minimum Gasteiger partial charge on any atom is -0.315 e. The third kappa shape index (κ3) is 7.06. The average Bonchev–Trinajstić information content (AvgIpc) is 3.90. The lowest BCUT2D eigenvalue weighted by atomic mass is 9.93. The van der Waals surface area contributed by atoms with E-state index >= 15 is 0 Å². The summed E-state index contributed by atoms with van der Waals surface area (Å²) in [6.45, 7) is 8.12. The van der Waals surface area contributed by atoms with Gasteiger partial charge in [-0.1, -0.05) is 183 Å². The van der Waals surface area contributed by atoms with Gasteiger partial charge in [0.25, 0.3) is 0 Å². The number of nitrogens with zero attached hydrogens (tertiary/aromatic N) is 3. The Morgan fingerprint density at radius 2 is 0.846 bits per heavy atom. The van der Waals surface area contributed by atoms with Gasteiger partial charge in [-0.25, -0.2) is 0 Å². The molecule has 0 bridgehead atoms. The van der Waals surface area contributed by atoms with E-state index < -0.39 is 0 Å². The van der Waals surface area contributed by atoms with Crippen molar-refractivity contribution in [2.45, 2.75) is 0 Å². The lowest BCUT2D eigenvalue weighted by molar-refractivity contribution is 1.20. The quantitative estimate of drug-likeness (QED) is 0.118. The first kappa shape index (κ1) is 39.2. The Morgan fingerprint density at radius 3 is 1.45 bits per heavy atom. The summed E-state index contributed by atoms with van der Waals surface area (Å²) < 4.78 is 4.62. The van der Waals surface area contributed by atoms with E-state index in [1.165, 1.54) is 55.4 Å². The van der Waals surface area contributed by atoms with Crippen molar-refractivity contribution >= 4 is 50.1 Å². The molecule has 0 aliphatic rings. The van der Waals surface area contributed by atoms with Crippen molar-refractivity contribution in [1.29, 1.82) is 0 Å². The molecule has 8 aromatic carbocycles. The summed E-state index contributed by atoms with van der Waals surface area (Å²) in [5, 5.41) is 2.35. The number of allylic oxidation sites excluding steroid dienone is 4. The Labute approximate surface area is 380 Å². The van der Waals surface area contributed by atoms with E-state index in [1.807, 2.05) is 18.2 Å². The Hall–Kier alpha value is -8.66. The molecule has 0 saturated carbocycles. The fourth-order valence-electron chi connectivity index (χ4n) is 9.51. The number of pyridine rings is 1. The predicted octanol–water partition coefficient (Wildman–Crippen LogP) is 17.1. The van der Waals surface area contributed by atoms with Gasteiger partial charge < -0.3 is 13.9 Å². The summed E-state index contributed by atoms with van der Waals surface area (Å²) in [6.07, 6.45) is 7.90. The molecule has 0 N–H and O–H groups in total. The number of anilines is 3. The van der Waals surface area contributed by atoms with E-state index in [0.29, 0.717) is 0 Å². The molecule has 3 heterocycles. The second-order valence-electron chi connectivity index (χ2n) is 16.2. The molecule has 0 aliphatic carbocycles. The molecular formula is C62H45N3. The lowest BCUT2D eigenvalue weighted by Crippen LogP contribution is -2.10. The molecule has 308 valence electrons. The van der Waals surface area contributed by atoms with Crippen LogP contribution in [-0.2, 0) is 0 Å². The number of fused-ring (bicyclic) bond motifs is 4. The average molecular weight is 832 g/mol. The second kappa shape index (κ2) is 16.9. The van der Waals surface area contributed by atoms with E-state index in [1.54, 1.807) is 0 Å². The van der Waals surface area contributed by atoms with Gasteiger partial charge in [-0.05, 0) is 112 Å². The number of hydrogen-bond acceptors (Lipinski definition) is 1. The third-order valence-corrected chi connectivity index (χ3v) is 12.5. The number of aromatic nitrogens is 2. The Kier molecular flexibility index (Phi) is 10.2. The normalized spacial score (nSPS) is 11.6. The highest BCUT2D eigenvalue weighted by Crippen LogP contribution is 2.46. The fraction of sp³-hybridized carbons (Fsp3) is 0. The van der Waals surface area contributed by atoms with Gasteiger partial charge in [-0.2, -0.15) is 0 Å². The van der Waals surface area contributed by atoms with E-state index in [0.717, 1.165) is 50.5 Å². The second-order valence-corrected chi connectivity index (χ2v) is 16.2. The van der Waals surface area contributed by atoms with Crippen molar-refractivity contribution in [2.24, 2.45) is 0 Å². The van der Waals surface area contributed by atoms with Crippen molar-refractivity contribution in [3.05, 3.63) is 262 Å². The van der Waals surface area contributed by atoms with Gasteiger partial charge in [0.1, 0.15) is 0 Å². The first-order valence-electron chi connectivity index (χ1n) is 22.1. The molecular weight excluding hydrogens is 787 g/mol. The van der Waals surface area contributed by atoms with E-state index in [9.17, 15) is 0 Å². The van der Waals surface area contributed by atoms with Crippen LogP contribution in [0.2, 0.25) is 0 Å². The molecule has 3 heteroatoms. The molecule has 3 aromatic heterocycles. The predicted molar refractivity (Wildman–Crippen MR) is 277 cm³/mol. The van der Waals surface area contributed by atoms with Crippen LogP contribution in [-0.4, -0.2) is 8.97 Å². The molecule has 11 rings (SSSR count). The zero-order valence-electron chi connectivity index (χ0n) is 35.9. The molecule has 0 unspecified atom stereocenters. The molecule has 11 aromatic rings. The van der Waals surface area contributed by atoms with Crippen LogP contribution in [0, 0.1) is 0 Å². The van der Waals surface area contributed by atoms with Crippen LogP contribution in [0.15, 0.2) is 262 Å². The topological polar surface area (TPSA) is 12.6 Å². The first-order chi connectivity index (χ1) is 32.2. The van der Waals surface area contributed by atoms with Gasteiger partial charge in [0.2, 0.25) is 0 Å². The van der Waals surface area contributed by atoms with Crippen molar-refractivity contribution in [3.63, 3.8) is 0 Å². The van der Waals surface area contributed by atoms with Gasteiger partial charge >= 0.3 is 0 Å². The van der Waals surface area contributed by atoms with Crippen LogP contribution in [0.3, 0.4) is 0 Å². The maximum atomic E-state index is 4.14. The Bertz CT molecular complexity index is 3520. The van der Waals surface area contributed by atoms with Crippen molar-refractivity contribution in [3.8, 4) is 55.8 Å². The van der Waals surface area contributed by atoms with Crippen molar-refractivity contribution in [1.82, 2.24) is 8.97 Å². The molecule has 0 amide bonds. The van der Waals surface area contributed by atoms with Crippen molar-refractivity contribution in [2.75, 3.05) is 4.90 Å². The van der Waals surface area contributed by atoms with Crippen LogP contribution in [0.4, 0.5) is 17.1 Å². The van der Waals surface area contributed by atoms with Crippen LogP contribution in [0.1, 0.15) is 0 Å². The number of para-hydroxylation sites is 1. The highest BCUT2D eigenvalue weighted by molar-refractivity contribution is 6.12. The molecule has 0 spiro atoms. The van der Waals surface area contributed by atoms with E-state index in [-0.39, 0.29) is 0 Å².